The molecule has 2 aliphatic rings. The molecule has 0 aromatic carbocycles. The number of aromatic amines is 1. The second-order valence-electron chi connectivity index (χ2n) is 6.91. The average molecular weight is 344 g/mol. The summed E-state index contributed by atoms with van der Waals surface area (Å²) in [6.07, 6.45) is 3.38. The van der Waals surface area contributed by atoms with Crippen LogP contribution >= 0.6 is 0 Å². The van der Waals surface area contributed by atoms with E-state index in [0.29, 0.717) is 24.5 Å². The first-order valence-electron chi connectivity index (χ1n) is 8.43. The first-order chi connectivity index (χ1) is 12.0. The van der Waals surface area contributed by atoms with Crippen molar-refractivity contribution in [3.05, 3.63) is 33.0 Å². The maximum absolute atomic E-state index is 12.5. The van der Waals surface area contributed by atoms with Crippen LogP contribution in [0, 0.1) is 6.92 Å². The van der Waals surface area contributed by atoms with E-state index >= 15 is 0 Å². The second-order valence-corrected chi connectivity index (χ2v) is 6.91. The summed E-state index contributed by atoms with van der Waals surface area (Å²) < 4.78 is 4.65. The largest absolute Gasteiger partial charge is 0.369 e. The molecule has 9 heteroatoms. The number of amides is 1. The quantitative estimate of drug-likeness (QED) is 0.789. The number of likely N-dealkylation sites (tertiary alicyclic amines) is 1. The fourth-order valence-electron chi connectivity index (χ4n) is 4.00. The standard InChI is InChI=1S/C16H20N6O3/c1-9-11(21-25-20-9)8-12(23)22-6-4-16(5-7-22)3-2-10-13(16)18-15(17)19-14(10)24/h2-8H2,1H3,(H3,17,18,19,24). The third-order valence-electron chi connectivity index (χ3n) is 5.53. The van der Waals surface area contributed by atoms with Gasteiger partial charge in [0.1, 0.15) is 11.4 Å². The first kappa shape index (κ1) is 15.8. The number of aromatic nitrogens is 4. The van der Waals surface area contributed by atoms with Crippen molar-refractivity contribution in [3.8, 4) is 0 Å². The minimum Gasteiger partial charge on any atom is -0.369 e. The molecule has 1 saturated heterocycles. The maximum Gasteiger partial charge on any atom is 0.255 e. The Bertz CT molecular complexity index is 878. The highest BCUT2D eigenvalue weighted by atomic mass is 16.6. The molecule has 3 N–H and O–H groups in total. The molecule has 1 spiro atoms. The number of nitrogen functional groups attached to an aromatic ring is 1. The summed E-state index contributed by atoms with van der Waals surface area (Å²) >= 11 is 0. The molecule has 3 heterocycles. The predicted octanol–water partition coefficient (Wildman–Crippen LogP) is 0.0926. The fraction of sp³-hybridized carbons (Fsp3) is 0.562. The molecule has 1 aliphatic heterocycles. The van der Waals surface area contributed by atoms with Crippen molar-refractivity contribution in [2.75, 3.05) is 18.8 Å². The van der Waals surface area contributed by atoms with E-state index in [1.165, 1.54) is 0 Å². The third-order valence-corrected chi connectivity index (χ3v) is 5.53. The summed E-state index contributed by atoms with van der Waals surface area (Å²) in [5.74, 6) is 0.183. The maximum atomic E-state index is 12.5. The zero-order valence-electron chi connectivity index (χ0n) is 14.0. The SMILES string of the molecule is Cc1nonc1CC(=O)N1CCC2(CCc3c2nc(N)[nH]c3=O)CC1. The van der Waals surface area contributed by atoms with E-state index in [9.17, 15) is 9.59 Å². The number of carbonyl (C=O) groups excluding carboxylic acids is 1. The van der Waals surface area contributed by atoms with Gasteiger partial charge in [0.2, 0.25) is 11.9 Å². The lowest BCUT2D eigenvalue weighted by atomic mass is 9.76. The van der Waals surface area contributed by atoms with Gasteiger partial charge in [-0.2, -0.15) is 0 Å². The Kier molecular flexibility index (Phi) is 3.59. The van der Waals surface area contributed by atoms with Crippen LogP contribution in [-0.2, 0) is 23.1 Å². The lowest BCUT2D eigenvalue weighted by Crippen LogP contribution is -2.45. The van der Waals surface area contributed by atoms with Crippen LogP contribution in [0.5, 0.6) is 0 Å². The Morgan fingerprint density at radius 2 is 2.08 bits per heavy atom. The summed E-state index contributed by atoms with van der Waals surface area (Å²) in [6.45, 7) is 3.04. The van der Waals surface area contributed by atoms with Gasteiger partial charge in [0, 0.05) is 24.1 Å². The average Bonchev–Trinajstić information content (AvgIpc) is 3.13. The monoisotopic (exact) mass is 344 g/mol. The summed E-state index contributed by atoms with van der Waals surface area (Å²) in [7, 11) is 0. The lowest BCUT2D eigenvalue weighted by molar-refractivity contribution is -0.132. The smallest absolute Gasteiger partial charge is 0.255 e. The van der Waals surface area contributed by atoms with Crippen molar-refractivity contribution in [3.63, 3.8) is 0 Å². The van der Waals surface area contributed by atoms with Gasteiger partial charge in [0.15, 0.2) is 0 Å². The molecular formula is C16H20N6O3. The van der Waals surface area contributed by atoms with Gasteiger partial charge in [-0.25, -0.2) is 9.61 Å². The number of hydrogen-bond acceptors (Lipinski definition) is 7. The van der Waals surface area contributed by atoms with Crippen molar-refractivity contribution >= 4 is 11.9 Å². The van der Waals surface area contributed by atoms with Gasteiger partial charge in [-0.15, -0.1) is 0 Å². The van der Waals surface area contributed by atoms with Crippen molar-refractivity contribution in [2.24, 2.45) is 0 Å². The summed E-state index contributed by atoms with van der Waals surface area (Å²) in [5, 5.41) is 7.48. The minimum absolute atomic E-state index is 0.0188. The van der Waals surface area contributed by atoms with Gasteiger partial charge in [-0.05, 0) is 32.6 Å². The Morgan fingerprint density at radius 3 is 2.76 bits per heavy atom. The summed E-state index contributed by atoms with van der Waals surface area (Å²) in [6, 6.07) is 0. The molecule has 0 radical (unpaired) electrons. The predicted molar refractivity (Wildman–Crippen MR) is 87.8 cm³/mol. The molecule has 1 fully saturated rings. The highest BCUT2D eigenvalue weighted by Gasteiger charge is 2.44. The van der Waals surface area contributed by atoms with Crippen LogP contribution in [0.4, 0.5) is 5.95 Å². The topological polar surface area (TPSA) is 131 Å². The van der Waals surface area contributed by atoms with Crippen LogP contribution in [0.25, 0.3) is 0 Å². The molecular weight excluding hydrogens is 324 g/mol. The number of nitrogens with one attached hydrogen (secondary N) is 1. The third kappa shape index (κ3) is 2.59. The molecule has 1 aliphatic carbocycles. The van der Waals surface area contributed by atoms with E-state index in [-0.39, 0.29) is 29.3 Å². The molecule has 0 saturated carbocycles. The molecule has 0 unspecified atom stereocenters. The number of aryl methyl sites for hydroxylation is 1. The molecule has 1 amide bonds. The van der Waals surface area contributed by atoms with E-state index in [2.05, 4.69) is 24.9 Å². The van der Waals surface area contributed by atoms with Gasteiger partial charge >= 0.3 is 0 Å². The van der Waals surface area contributed by atoms with E-state index in [1.807, 2.05) is 4.90 Å². The Hall–Kier alpha value is -2.71. The van der Waals surface area contributed by atoms with Crippen LogP contribution in [0.3, 0.4) is 0 Å². The molecule has 132 valence electrons. The van der Waals surface area contributed by atoms with Crippen molar-refractivity contribution < 1.29 is 9.42 Å². The molecule has 2 aromatic heterocycles. The first-order valence-corrected chi connectivity index (χ1v) is 8.43. The Balaban J connectivity index is 1.49. The molecule has 0 atom stereocenters. The molecule has 25 heavy (non-hydrogen) atoms. The van der Waals surface area contributed by atoms with Crippen LogP contribution in [-0.4, -0.2) is 44.2 Å². The fourth-order valence-corrected chi connectivity index (χ4v) is 4.00. The van der Waals surface area contributed by atoms with Gasteiger partial charge in [0.05, 0.1) is 12.1 Å². The molecule has 9 nitrogen and oxygen atoms in total. The lowest BCUT2D eigenvalue weighted by Gasteiger charge is -2.39. The van der Waals surface area contributed by atoms with Gasteiger partial charge in [-0.3, -0.25) is 14.6 Å². The number of fused-ring (bicyclic) bond motifs is 2. The normalized spacial score (nSPS) is 18.5. The Labute approximate surface area is 143 Å². The summed E-state index contributed by atoms with van der Waals surface area (Å²) in [4.78, 5) is 33.4. The van der Waals surface area contributed by atoms with Gasteiger partial charge in [0.25, 0.3) is 5.56 Å². The van der Waals surface area contributed by atoms with Crippen LogP contribution in [0.15, 0.2) is 9.42 Å². The zero-order chi connectivity index (χ0) is 17.6. The number of piperidine rings is 1. The zero-order valence-corrected chi connectivity index (χ0v) is 14.0. The number of H-pyrrole nitrogens is 1. The highest BCUT2D eigenvalue weighted by Crippen LogP contribution is 2.44. The number of carbonyl (C=O) groups is 1. The molecule has 0 bridgehead atoms. The number of rotatable bonds is 2. The summed E-state index contributed by atoms with van der Waals surface area (Å²) in [5.41, 5.74) is 8.27. The molecule has 2 aromatic rings. The van der Waals surface area contributed by atoms with Crippen LogP contribution in [0.1, 0.15) is 41.9 Å². The number of hydrogen-bond donors (Lipinski definition) is 2. The van der Waals surface area contributed by atoms with Crippen LogP contribution in [0.2, 0.25) is 0 Å². The number of nitrogens with two attached hydrogens (primary N) is 1. The van der Waals surface area contributed by atoms with Gasteiger partial charge < -0.3 is 10.6 Å². The number of nitrogens with zero attached hydrogens (tertiary/aromatic N) is 4. The Morgan fingerprint density at radius 1 is 1.32 bits per heavy atom. The van der Waals surface area contributed by atoms with Crippen LogP contribution < -0.4 is 11.3 Å². The van der Waals surface area contributed by atoms with E-state index in [1.54, 1.807) is 6.92 Å². The van der Waals surface area contributed by atoms with E-state index < -0.39 is 0 Å². The van der Waals surface area contributed by atoms with Crippen molar-refractivity contribution in [1.82, 2.24) is 25.2 Å². The molecule has 4 rings (SSSR count). The van der Waals surface area contributed by atoms with Crippen molar-refractivity contribution in [1.29, 1.82) is 0 Å². The van der Waals surface area contributed by atoms with E-state index in [4.69, 9.17) is 5.73 Å². The van der Waals surface area contributed by atoms with Gasteiger partial charge in [-0.1, -0.05) is 10.3 Å². The van der Waals surface area contributed by atoms with E-state index in [0.717, 1.165) is 36.9 Å². The minimum atomic E-state index is -0.139. The van der Waals surface area contributed by atoms with Crippen molar-refractivity contribution in [2.45, 2.75) is 44.4 Å². The second kappa shape index (κ2) is 5.68. The number of anilines is 1. The highest BCUT2D eigenvalue weighted by molar-refractivity contribution is 5.78.